The average Bonchev–Trinajstić information content (AvgIpc) is 1.96. The van der Waals surface area contributed by atoms with E-state index in [1.807, 2.05) is 13.8 Å². The molecule has 3 N–H and O–H groups in total. The first-order chi connectivity index (χ1) is 5.57. The molecule has 0 aromatic carbocycles. The molecule has 0 aromatic heterocycles. The number of hydrogen-bond acceptors (Lipinski definition) is 3. The summed E-state index contributed by atoms with van der Waals surface area (Å²) < 4.78 is 0. The van der Waals surface area contributed by atoms with E-state index in [4.69, 9.17) is 10.2 Å². The minimum absolute atomic E-state index is 0.0952. The number of carboxylic acids is 1. The molecular formula is C8H17NO3. The molecular weight excluding hydrogens is 158 g/mol. The van der Waals surface area contributed by atoms with Crippen LogP contribution < -0.4 is 5.32 Å². The van der Waals surface area contributed by atoms with Gasteiger partial charge in [0.15, 0.2) is 0 Å². The van der Waals surface area contributed by atoms with E-state index < -0.39 is 12.0 Å². The van der Waals surface area contributed by atoms with E-state index in [1.54, 1.807) is 0 Å². The maximum atomic E-state index is 10.5. The summed E-state index contributed by atoms with van der Waals surface area (Å²) in [5.41, 5.74) is 0. The molecule has 0 saturated carbocycles. The van der Waals surface area contributed by atoms with Crippen LogP contribution >= 0.6 is 0 Å². The fourth-order valence-corrected chi connectivity index (χ4v) is 0.820. The van der Waals surface area contributed by atoms with Crippen LogP contribution in [-0.2, 0) is 4.79 Å². The molecule has 4 heteroatoms. The number of aliphatic hydroxyl groups is 1. The highest BCUT2D eigenvalue weighted by atomic mass is 16.4. The zero-order chi connectivity index (χ0) is 9.56. The minimum atomic E-state index is -0.898. The van der Waals surface area contributed by atoms with Gasteiger partial charge in [-0.05, 0) is 18.9 Å². The van der Waals surface area contributed by atoms with Crippen LogP contribution in [0.15, 0.2) is 0 Å². The molecule has 0 radical (unpaired) electrons. The molecule has 0 aliphatic carbocycles. The topological polar surface area (TPSA) is 69.6 Å². The van der Waals surface area contributed by atoms with Crippen molar-refractivity contribution in [2.24, 2.45) is 5.92 Å². The van der Waals surface area contributed by atoms with Crippen molar-refractivity contribution >= 4 is 5.97 Å². The summed E-state index contributed by atoms with van der Waals surface area (Å²) in [7, 11) is 0. The molecule has 0 aromatic rings. The molecule has 0 spiro atoms. The van der Waals surface area contributed by atoms with E-state index >= 15 is 0 Å². The predicted octanol–water partition coefficient (Wildman–Crippen LogP) is 0.0676. The fraction of sp³-hybridized carbons (Fsp3) is 0.875. The molecule has 0 saturated heterocycles. The molecule has 0 aliphatic rings. The van der Waals surface area contributed by atoms with Crippen molar-refractivity contribution in [3.05, 3.63) is 0 Å². The summed E-state index contributed by atoms with van der Waals surface area (Å²) in [4.78, 5) is 10.5. The van der Waals surface area contributed by atoms with Gasteiger partial charge in [0, 0.05) is 6.61 Å². The summed E-state index contributed by atoms with van der Waals surface area (Å²) in [6.07, 6.45) is 0.266. The lowest BCUT2D eigenvalue weighted by molar-refractivity contribution is -0.139. The van der Waals surface area contributed by atoms with E-state index in [-0.39, 0.29) is 13.0 Å². The maximum absolute atomic E-state index is 10.5. The molecule has 12 heavy (non-hydrogen) atoms. The highest BCUT2D eigenvalue weighted by molar-refractivity contribution is 5.73. The first-order valence-corrected chi connectivity index (χ1v) is 4.15. The summed E-state index contributed by atoms with van der Waals surface area (Å²) >= 11 is 0. The Balaban J connectivity index is 3.71. The largest absolute Gasteiger partial charge is 0.480 e. The quantitative estimate of drug-likeness (QED) is 0.534. The average molecular weight is 175 g/mol. The van der Waals surface area contributed by atoms with Crippen LogP contribution in [0.25, 0.3) is 0 Å². The van der Waals surface area contributed by atoms with Gasteiger partial charge in [-0.15, -0.1) is 0 Å². The summed E-state index contributed by atoms with van der Waals surface area (Å²) in [5, 5.41) is 20.1. The van der Waals surface area contributed by atoms with E-state index in [0.29, 0.717) is 12.5 Å². The van der Waals surface area contributed by atoms with Gasteiger partial charge in [0.1, 0.15) is 6.04 Å². The van der Waals surface area contributed by atoms with E-state index in [1.165, 1.54) is 0 Å². The van der Waals surface area contributed by atoms with E-state index in [2.05, 4.69) is 5.32 Å². The zero-order valence-corrected chi connectivity index (χ0v) is 7.58. The fourth-order valence-electron chi connectivity index (χ4n) is 0.820. The lowest BCUT2D eigenvalue weighted by Crippen LogP contribution is -2.39. The monoisotopic (exact) mass is 175 g/mol. The minimum Gasteiger partial charge on any atom is -0.480 e. The van der Waals surface area contributed by atoms with Gasteiger partial charge in [-0.1, -0.05) is 13.8 Å². The maximum Gasteiger partial charge on any atom is 0.320 e. The van der Waals surface area contributed by atoms with Crippen LogP contribution in [-0.4, -0.2) is 35.4 Å². The molecule has 72 valence electrons. The normalized spacial score (nSPS) is 13.3. The van der Waals surface area contributed by atoms with Gasteiger partial charge in [0.2, 0.25) is 0 Å². The molecule has 0 amide bonds. The molecule has 0 heterocycles. The number of carbonyl (C=O) groups is 1. The van der Waals surface area contributed by atoms with Gasteiger partial charge in [0.25, 0.3) is 0 Å². The van der Waals surface area contributed by atoms with Crippen molar-refractivity contribution in [3.63, 3.8) is 0 Å². The standard InChI is InChI=1S/C8H17NO3/c1-6(2)5-9-7(3-4-10)8(11)12/h6-7,9-10H,3-5H2,1-2H3,(H,11,12)/t7-/m0/s1. The van der Waals surface area contributed by atoms with Crippen LogP contribution in [0.5, 0.6) is 0 Å². The second-order valence-electron chi connectivity index (χ2n) is 3.21. The molecule has 0 unspecified atom stereocenters. The predicted molar refractivity (Wildman–Crippen MR) is 46.0 cm³/mol. The number of hydrogen-bond donors (Lipinski definition) is 3. The van der Waals surface area contributed by atoms with Crippen molar-refractivity contribution in [3.8, 4) is 0 Å². The van der Waals surface area contributed by atoms with Gasteiger partial charge in [0.05, 0.1) is 0 Å². The summed E-state index contributed by atoms with van der Waals surface area (Å²) in [6, 6.07) is -0.614. The van der Waals surface area contributed by atoms with Crippen molar-refractivity contribution < 1.29 is 15.0 Å². The van der Waals surface area contributed by atoms with Crippen LogP contribution in [0.2, 0.25) is 0 Å². The lowest BCUT2D eigenvalue weighted by Gasteiger charge is -2.14. The van der Waals surface area contributed by atoms with E-state index in [9.17, 15) is 4.79 Å². The highest BCUT2D eigenvalue weighted by Gasteiger charge is 2.15. The first kappa shape index (κ1) is 11.4. The van der Waals surface area contributed by atoms with Gasteiger partial charge < -0.3 is 15.5 Å². The van der Waals surface area contributed by atoms with Crippen LogP contribution in [0.3, 0.4) is 0 Å². The number of aliphatic hydroxyl groups excluding tert-OH is 1. The summed E-state index contributed by atoms with van der Waals surface area (Å²) in [6.45, 7) is 4.58. The molecule has 0 aliphatic heterocycles. The molecule has 0 bridgehead atoms. The Morgan fingerprint density at radius 3 is 2.42 bits per heavy atom. The third kappa shape index (κ3) is 5.09. The number of rotatable bonds is 6. The molecule has 0 fully saturated rings. The van der Waals surface area contributed by atoms with Gasteiger partial charge in [-0.25, -0.2) is 0 Å². The Morgan fingerprint density at radius 1 is 1.50 bits per heavy atom. The number of carboxylic acid groups (broad SMARTS) is 1. The molecule has 4 nitrogen and oxygen atoms in total. The first-order valence-electron chi connectivity index (χ1n) is 4.15. The van der Waals surface area contributed by atoms with Gasteiger partial charge in [-0.3, -0.25) is 4.79 Å². The van der Waals surface area contributed by atoms with Crippen LogP contribution in [0.4, 0.5) is 0 Å². The smallest absolute Gasteiger partial charge is 0.320 e. The Bertz CT molecular complexity index is 136. The number of aliphatic carboxylic acids is 1. The van der Waals surface area contributed by atoms with Crippen molar-refractivity contribution in [2.45, 2.75) is 26.3 Å². The van der Waals surface area contributed by atoms with Crippen molar-refractivity contribution in [2.75, 3.05) is 13.2 Å². The third-order valence-electron chi connectivity index (χ3n) is 1.49. The lowest BCUT2D eigenvalue weighted by atomic mass is 10.1. The Labute approximate surface area is 72.6 Å². The SMILES string of the molecule is CC(C)CN[C@@H](CCO)C(=O)O. The van der Waals surface area contributed by atoms with Gasteiger partial charge >= 0.3 is 5.97 Å². The Morgan fingerprint density at radius 2 is 2.08 bits per heavy atom. The van der Waals surface area contributed by atoms with Gasteiger partial charge in [-0.2, -0.15) is 0 Å². The second-order valence-corrected chi connectivity index (χ2v) is 3.21. The van der Waals surface area contributed by atoms with Crippen LogP contribution in [0.1, 0.15) is 20.3 Å². The van der Waals surface area contributed by atoms with E-state index in [0.717, 1.165) is 0 Å². The summed E-state index contributed by atoms with van der Waals surface area (Å²) in [5.74, 6) is -0.477. The molecule has 1 atom stereocenters. The third-order valence-corrected chi connectivity index (χ3v) is 1.49. The second kappa shape index (κ2) is 5.97. The molecule has 0 rings (SSSR count). The highest BCUT2D eigenvalue weighted by Crippen LogP contribution is 1.94. The van der Waals surface area contributed by atoms with Crippen LogP contribution in [0, 0.1) is 5.92 Å². The van der Waals surface area contributed by atoms with Crippen molar-refractivity contribution in [1.29, 1.82) is 0 Å². The number of nitrogens with one attached hydrogen (secondary N) is 1. The Hall–Kier alpha value is -0.610. The van der Waals surface area contributed by atoms with Crippen molar-refractivity contribution in [1.82, 2.24) is 5.32 Å². The zero-order valence-electron chi connectivity index (χ0n) is 7.58. The Kier molecular flexibility index (Phi) is 5.66.